The van der Waals surface area contributed by atoms with Gasteiger partial charge in [0.2, 0.25) is 0 Å². The number of hydrogen-bond donors (Lipinski definition) is 0. The summed E-state index contributed by atoms with van der Waals surface area (Å²) in [6.07, 6.45) is 8.01. The van der Waals surface area contributed by atoms with Crippen molar-refractivity contribution < 1.29 is 0 Å². The monoisotopic (exact) mass is 252 g/mol. The Balaban J connectivity index is 4.09. The normalized spacial score (nSPS) is 13.6. The average Bonchev–Trinajstić information content (AvgIpc) is 2.13. The van der Waals surface area contributed by atoms with Crippen LogP contribution in [0.4, 0.5) is 0 Å². The molecule has 0 nitrogen and oxygen atoms in total. The van der Waals surface area contributed by atoms with Gasteiger partial charge in [-0.2, -0.15) is 0 Å². The van der Waals surface area contributed by atoms with Crippen LogP contribution >= 0.6 is 0 Å². The molecular formula is C18H36. The van der Waals surface area contributed by atoms with E-state index in [2.05, 4.69) is 48.1 Å². The van der Waals surface area contributed by atoms with Crippen molar-refractivity contribution in [2.45, 2.75) is 80.1 Å². The lowest BCUT2D eigenvalue weighted by Crippen LogP contribution is -2.07. The van der Waals surface area contributed by atoms with Gasteiger partial charge in [-0.3, -0.25) is 0 Å². The highest BCUT2D eigenvalue weighted by molar-refractivity contribution is 4.96. The summed E-state index contributed by atoms with van der Waals surface area (Å²) in [6.45, 7) is 18.2. The molecule has 0 aromatic heterocycles. The summed E-state index contributed by atoms with van der Waals surface area (Å²) in [5.41, 5.74) is 1.47. The van der Waals surface area contributed by atoms with E-state index in [1.165, 1.54) is 44.1 Å². The first-order valence-electron chi connectivity index (χ1n) is 7.97. The fourth-order valence-corrected chi connectivity index (χ4v) is 2.85. The molecular weight excluding hydrogens is 216 g/mol. The van der Waals surface area contributed by atoms with Crippen molar-refractivity contribution in [3.63, 3.8) is 0 Å². The molecule has 0 aliphatic heterocycles. The molecule has 0 aromatic carbocycles. The molecule has 0 N–H and O–H groups in total. The van der Waals surface area contributed by atoms with E-state index in [9.17, 15) is 0 Å². The largest absolute Gasteiger partial charge is 0.0998 e. The van der Waals surface area contributed by atoms with Crippen molar-refractivity contribution >= 4 is 0 Å². The summed E-state index contributed by atoms with van der Waals surface area (Å²) >= 11 is 0. The molecule has 0 amide bonds. The molecule has 0 aliphatic rings. The highest BCUT2D eigenvalue weighted by Crippen LogP contribution is 2.27. The molecule has 108 valence electrons. The van der Waals surface area contributed by atoms with E-state index in [0.29, 0.717) is 0 Å². The molecule has 0 radical (unpaired) electrons. The van der Waals surface area contributed by atoms with Gasteiger partial charge < -0.3 is 0 Å². The molecule has 1 unspecified atom stereocenters. The first-order valence-corrected chi connectivity index (χ1v) is 7.97. The van der Waals surface area contributed by atoms with Gasteiger partial charge in [-0.15, -0.1) is 0 Å². The summed E-state index contributed by atoms with van der Waals surface area (Å²) in [7, 11) is 0. The Morgan fingerprint density at radius 3 is 1.83 bits per heavy atom. The maximum absolute atomic E-state index is 4.29. The summed E-state index contributed by atoms with van der Waals surface area (Å²) in [4.78, 5) is 0. The predicted molar refractivity (Wildman–Crippen MR) is 84.8 cm³/mol. The van der Waals surface area contributed by atoms with Crippen LogP contribution in [-0.2, 0) is 0 Å². The van der Waals surface area contributed by atoms with Gasteiger partial charge in [0, 0.05) is 0 Å². The van der Waals surface area contributed by atoms with Crippen LogP contribution in [0.5, 0.6) is 0 Å². The summed E-state index contributed by atoms with van der Waals surface area (Å²) < 4.78 is 0. The Labute approximate surface area is 116 Å². The van der Waals surface area contributed by atoms with Gasteiger partial charge in [0.15, 0.2) is 0 Å². The first-order chi connectivity index (χ1) is 8.31. The van der Waals surface area contributed by atoms with E-state index < -0.39 is 0 Å². The van der Waals surface area contributed by atoms with Crippen molar-refractivity contribution in [2.75, 3.05) is 0 Å². The number of rotatable bonds is 10. The molecule has 0 aliphatic carbocycles. The zero-order valence-corrected chi connectivity index (χ0v) is 13.8. The standard InChI is InChI=1S/C18H36/c1-14(2)9-8-10-18(12-16(5)6)13-17(7)11-15(3)4/h14-16,18H,7-13H2,1-6H3. The van der Waals surface area contributed by atoms with Gasteiger partial charge in [-0.25, -0.2) is 0 Å². The van der Waals surface area contributed by atoms with E-state index in [1.54, 1.807) is 0 Å². The molecule has 0 heterocycles. The summed E-state index contributed by atoms with van der Waals surface area (Å²) in [5, 5.41) is 0. The van der Waals surface area contributed by atoms with Crippen LogP contribution in [0.25, 0.3) is 0 Å². The molecule has 1 atom stereocenters. The Morgan fingerprint density at radius 2 is 1.39 bits per heavy atom. The van der Waals surface area contributed by atoms with Crippen LogP contribution in [0.3, 0.4) is 0 Å². The van der Waals surface area contributed by atoms with Crippen LogP contribution in [0.2, 0.25) is 0 Å². The van der Waals surface area contributed by atoms with Gasteiger partial charge >= 0.3 is 0 Å². The second-order valence-electron chi connectivity index (χ2n) is 7.37. The number of hydrogen-bond acceptors (Lipinski definition) is 0. The third-order valence-electron chi connectivity index (χ3n) is 3.47. The first kappa shape index (κ1) is 17.7. The summed E-state index contributed by atoms with van der Waals surface area (Å²) in [5.74, 6) is 3.30. The van der Waals surface area contributed by atoms with Crippen LogP contribution < -0.4 is 0 Å². The Hall–Kier alpha value is -0.260. The minimum Gasteiger partial charge on any atom is -0.0998 e. The van der Waals surface area contributed by atoms with Crippen molar-refractivity contribution in [3.05, 3.63) is 12.2 Å². The maximum atomic E-state index is 4.29. The van der Waals surface area contributed by atoms with E-state index in [-0.39, 0.29) is 0 Å². The number of allylic oxidation sites excluding steroid dienone is 1. The van der Waals surface area contributed by atoms with E-state index in [0.717, 1.165) is 23.7 Å². The van der Waals surface area contributed by atoms with Gasteiger partial charge in [-0.1, -0.05) is 73.0 Å². The van der Waals surface area contributed by atoms with E-state index in [4.69, 9.17) is 0 Å². The van der Waals surface area contributed by atoms with Crippen LogP contribution in [0.1, 0.15) is 80.1 Å². The Bertz CT molecular complexity index is 210. The third-order valence-corrected chi connectivity index (χ3v) is 3.47. The molecule has 0 aromatic rings. The predicted octanol–water partition coefficient (Wildman–Crippen LogP) is 6.47. The minimum atomic E-state index is 0.757. The lowest BCUT2D eigenvalue weighted by atomic mass is 9.85. The third kappa shape index (κ3) is 10.9. The van der Waals surface area contributed by atoms with E-state index in [1.807, 2.05) is 0 Å². The van der Waals surface area contributed by atoms with Crippen molar-refractivity contribution in [3.8, 4) is 0 Å². The molecule has 0 saturated carbocycles. The van der Waals surface area contributed by atoms with Crippen molar-refractivity contribution in [2.24, 2.45) is 23.7 Å². The second kappa shape index (κ2) is 9.64. The fourth-order valence-electron chi connectivity index (χ4n) is 2.85. The highest BCUT2D eigenvalue weighted by Gasteiger charge is 2.13. The molecule has 0 saturated heterocycles. The maximum Gasteiger partial charge on any atom is -0.0294 e. The molecule has 0 heteroatoms. The highest BCUT2D eigenvalue weighted by atomic mass is 14.2. The van der Waals surface area contributed by atoms with Gasteiger partial charge in [-0.05, 0) is 42.9 Å². The molecule has 0 bridgehead atoms. The van der Waals surface area contributed by atoms with Gasteiger partial charge in [0.25, 0.3) is 0 Å². The smallest absolute Gasteiger partial charge is 0.0294 e. The quantitative estimate of drug-likeness (QED) is 0.391. The zero-order valence-electron chi connectivity index (χ0n) is 13.8. The average molecular weight is 252 g/mol. The molecule has 18 heavy (non-hydrogen) atoms. The summed E-state index contributed by atoms with van der Waals surface area (Å²) in [6, 6.07) is 0. The minimum absolute atomic E-state index is 0.757. The van der Waals surface area contributed by atoms with Crippen LogP contribution in [0.15, 0.2) is 12.2 Å². The van der Waals surface area contributed by atoms with Crippen molar-refractivity contribution in [1.29, 1.82) is 0 Å². The second-order valence-corrected chi connectivity index (χ2v) is 7.37. The topological polar surface area (TPSA) is 0 Å². The SMILES string of the molecule is C=C(CC(C)C)CC(CCCC(C)C)CC(C)C. The Kier molecular flexibility index (Phi) is 9.50. The van der Waals surface area contributed by atoms with E-state index >= 15 is 0 Å². The lowest BCUT2D eigenvalue weighted by molar-refractivity contribution is 0.356. The zero-order chi connectivity index (χ0) is 14.1. The van der Waals surface area contributed by atoms with Crippen molar-refractivity contribution in [1.82, 2.24) is 0 Å². The van der Waals surface area contributed by atoms with Crippen LogP contribution in [0, 0.1) is 23.7 Å². The molecule has 0 spiro atoms. The lowest BCUT2D eigenvalue weighted by Gasteiger charge is -2.21. The Morgan fingerprint density at radius 1 is 0.778 bits per heavy atom. The molecule has 0 rings (SSSR count). The van der Waals surface area contributed by atoms with Gasteiger partial charge in [0.05, 0.1) is 0 Å². The fraction of sp³-hybridized carbons (Fsp3) is 0.889. The van der Waals surface area contributed by atoms with Gasteiger partial charge in [0.1, 0.15) is 0 Å². The molecule has 0 fully saturated rings. The van der Waals surface area contributed by atoms with Crippen LogP contribution in [-0.4, -0.2) is 0 Å².